The van der Waals surface area contributed by atoms with E-state index in [0.717, 1.165) is 28.6 Å². The zero-order valence-corrected chi connectivity index (χ0v) is 15.5. The molecule has 148 valence electrons. The van der Waals surface area contributed by atoms with Crippen molar-refractivity contribution in [3.05, 3.63) is 94.3 Å². The lowest BCUT2D eigenvalue weighted by Gasteiger charge is -2.29. The van der Waals surface area contributed by atoms with E-state index in [4.69, 9.17) is 0 Å². The Balaban J connectivity index is 1.52. The Bertz CT molecular complexity index is 1030. The minimum absolute atomic E-state index is 0.0784. The molecule has 1 aliphatic rings. The van der Waals surface area contributed by atoms with Crippen LogP contribution >= 0.6 is 0 Å². The van der Waals surface area contributed by atoms with E-state index in [9.17, 15) is 18.0 Å². The van der Waals surface area contributed by atoms with Crippen LogP contribution in [-0.2, 0) is 30.6 Å². The lowest BCUT2D eigenvalue weighted by atomic mass is 9.99. The fraction of sp³-hybridized carbons (Fsp3) is 0.227. The molecule has 0 fully saturated rings. The van der Waals surface area contributed by atoms with Gasteiger partial charge in [0.15, 0.2) is 0 Å². The van der Waals surface area contributed by atoms with Crippen LogP contribution in [0.3, 0.4) is 0 Å². The molecule has 2 heterocycles. The molecule has 0 unspecified atom stereocenters. The van der Waals surface area contributed by atoms with Gasteiger partial charge in [-0.2, -0.15) is 0 Å². The monoisotopic (exact) mass is 397 g/mol. The van der Waals surface area contributed by atoms with E-state index in [1.807, 2.05) is 0 Å². The maximum atomic E-state index is 13.4. The van der Waals surface area contributed by atoms with Crippen molar-refractivity contribution in [2.45, 2.75) is 25.8 Å². The maximum Gasteiger partial charge on any atom is 0.227 e. The number of carbonyl (C=O) groups is 1. The van der Waals surface area contributed by atoms with Gasteiger partial charge < -0.3 is 4.90 Å². The summed E-state index contributed by atoms with van der Waals surface area (Å²) in [5, 5.41) is 0. The third-order valence-electron chi connectivity index (χ3n) is 5.01. The Morgan fingerprint density at radius 1 is 0.931 bits per heavy atom. The Kier molecular flexibility index (Phi) is 5.29. The normalized spacial score (nSPS) is 13.3. The van der Waals surface area contributed by atoms with Crippen molar-refractivity contribution in [2.24, 2.45) is 0 Å². The second-order valence-corrected chi connectivity index (χ2v) is 7.07. The minimum atomic E-state index is -0.702. The number of fused-ring (bicyclic) bond motifs is 1. The summed E-state index contributed by atoms with van der Waals surface area (Å²) in [6.07, 6.45) is 2.51. The molecule has 2 aromatic carbocycles. The van der Waals surface area contributed by atoms with Gasteiger partial charge in [0.2, 0.25) is 5.91 Å². The van der Waals surface area contributed by atoms with Crippen LogP contribution in [0.1, 0.15) is 28.1 Å². The summed E-state index contributed by atoms with van der Waals surface area (Å²) in [6.45, 7) is 0.819. The number of nitrogens with zero attached hydrogens (tertiary/aromatic N) is 3. The van der Waals surface area contributed by atoms with Crippen LogP contribution in [0, 0.1) is 17.5 Å². The molecule has 4 rings (SSSR count). The van der Waals surface area contributed by atoms with Gasteiger partial charge in [-0.05, 0) is 35.4 Å². The molecule has 0 aliphatic carbocycles. The fourth-order valence-electron chi connectivity index (χ4n) is 3.56. The first-order chi connectivity index (χ1) is 14.0. The summed E-state index contributed by atoms with van der Waals surface area (Å²) >= 11 is 0. The molecule has 0 saturated heterocycles. The second-order valence-electron chi connectivity index (χ2n) is 7.07. The number of carbonyl (C=O) groups excluding carboxylic acids is 1. The van der Waals surface area contributed by atoms with Gasteiger partial charge in [-0.15, -0.1) is 0 Å². The van der Waals surface area contributed by atoms with E-state index in [1.165, 1.54) is 30.6 Å². The molecule has 1 amide bonds. The van der Waals surface area contributed by atoms with Crippen molar-refractivity contribution in [1.82, 2.24) is 14.9 Å². The van der Waals surface area contributed by atoms with Crippen LogP contribution in [0.5, 0.6) is 0 Å². The molecule has 0 saturated carbocycles. The number of benzene rings is 2. The summed E-state index contributed by atoms with van der Waals surface area (Å²) in [6, 6.07) is 9.32. The molecular formula is C22H18F3N3O. The predicted molar refractivity (Wildman–Crippen MR) is 100 cm³/mol. The van der Waals surface area contributed by atoms with E-state index >= 15 is 0 Å². The van der Waals surface area contributed by atoms with E-state index < -0.39 is 11.6 Å². The van der Waals surface area contributed by atoms with Crippen molar-refractivity contribution >= 4 is 5.91 Å². The number of rotatable bonds is 4. The number of halogens is 3. The molecule has 0 radical (unpaired) electrons. The standard InChI is InChI=1S/C22H18F3N3O/c23-16-3-1-14(2-4-16)9-21-19-12-28(6-5-20(19)26-13-27-21)22(29)10-15-7-17(24)11-18(25)8-15/h1-4,7-8,11,13H,5-6,9-10,12H2. The van der Waals surface area contributed by atoms with Gasteiger partial charge in [0.05, 0.1) is 17.8 Å². The smallest absolute Gasteiger partial charge is 0.227 e. The molecule has 1 aliphatic heterocycles. The molecule has 3 aromatic rings. The first kappa shape index (κ1) is 19.1. The van der Waals surface area contributed by atoms with Gasteiger partial charge in [0.1, 0.15) is 23.8 Å². The van der Waals surface area contributed by atoms with Gasteiger partial charge in [0, 0.05) is 37.6 Å². The number of aromatic nitrogens is 2. The van der Waals surface area contributed by atoms with Crippen LogP contribution in [0.15, 0.2) is 48.8 Å². The van der Waals surface area contributed by atoms with E-state index in [1.54, 1.807) is 17.0 Å². The predicted octanol–water partition coefficient (Wildman–Crippen LogP) is 3.61. The van der Waals surface area contributed by atoms with E-state index in [0.29, 0.717) is 31.5 Å². The number of hydrogen-bond acceptors (Lipinski definition) is 3. The first-order valence-corrected chi connectivity index (χ1v) is 9.27. The van der Waals surface area contributed by atoms with Crippen molar-refractivity contribution in [2.75, 3.05) is 6.54 Å². The first-order valence-electron chi connectivity index (χ1n) is 9.27. The highest BCUT2D eigenvalue weighted by atomic mass is 19.1. The summed E-state index contributed by atoms with van der Waals surface area (Å²) in [5.74, 6) is -1.92. The third kappa shape index (κ3) is 4.45. The quantitative estimate of drug-likeness (QED) is 0.676. The number of amides is 1. The fourth-order valence-corrected chi connectivity index (χ4v) is 3.56. The lowest BCUT2D eigenvalue weighted by Crippen LogP contribution is -2.38. The van der Waals surface area contributed by atoms with Crippen LogP contribution in [0.2, 0.25) is 0 Å². The molecule has 1 aromatic heterocycles. The average Bonchev–Trinajstić information content (AvgIpc) is 2.69. The summed E-state index contributed by atoms with van der Waals surface area (Å²) in [5.41, 5.74) is 3.76. The van der Waals surface area contributed by atoms with Gasteiger partial charge in [-0.3, -0.25) is 4.79 Å². The van der Waals surface area contributed by atoms with Crippen LogP contribution in [0.4, 0.5) is 13.2 Å². The van der Waals surface area contributed by atoms with Gasteiger partial charge in [0.25, 0.3) is 0 Å². The molecule has 0 atom stereocenters. The van der Waals surface area contributed by atoms with Crippen LogP contribution in [-0.4, -0.2) is 27.3 Å². The van der Waals surface area contributed by atoms with E-state index in [-0.39, 0.29) is 18.1 Å². The highest BCUT2D eigenvalue weighted by Crippen LogP contribution is 2.22. The third-order valence-corrected chi connectivity index (χ3v) is 5.01. The van der Waals surface area contributed by atoms with Crippen molar-refractivity contribution in [3.63, 3.8) is 0 Å². The Hall–Kier alpha value is -3.22. The topological polar surface area (TPSA) is 46.1 Å². The van der Waals surface area contributed by atoms with Crippen molar-refractivity contribution in [3.8, 4) is 0 Å². The van der Waals surface area contributed by atoms with Gasteiger partial charge >= 0.3 is 0 Å². The Morgan fingerprint density at radius 2 is 1.66 bits per heavy atom. The minimum Gasteiger partial charge on any atom is -0.338 e. The zero-order valence-electron chi connectivity index (χ0n) is 15.5. The Morgan fingerprint density at radius 3 is 2.38 bits per heavy atom. The highest BCUT2D eigenvalue weighted by Gasteiger charge is 2.24. The van der Waals surface area contributed by atoms with Crippen molar-refractivity contribution < 1.29 is 18.0 Å². The van der Waals surface area contributed by atoms with E-state index in [2.05, 4.69) is 9.97 Å². The Labute approximate surface area is 166 Å². The van der Waals surface area contributed by atoms with Crippen LogP contribution in [0.25, 0.3) is 0 Å². The largest absolute Gasteiger partial charge is 0.338 e. The highest BCUT2D eigenvalue weighted by molar-refractivity contribution is 5.79. The van der Waals surface area contributed by atoms with Crippen molar-refractivity contribution in [1.29, 1.82) is 0 Å². The SMILES string of the molecule is O=C(Cc1cc(F)cc(F)c1)N1CCc2ncnc(Cc3ccc(F)cc3)c2C1. The molecule has 0 bridgehead atoms. The van der Waals surface area contributed by atoms with Crippen LogP contribution < -0.4 is 0 Å². The zero-order chi connectivity index (χ0) is 20.4. The summed E-state index contributed by atoms with van der Waals surface area (Å²) in [7, 11) is 0. The summed E-state index contributed by atoms with van der Waals surface area (Å²) < 4.78 is 39.9. The summed E-state index contributed by atoms with van der Waals surface area (Å²) in [4.78, 5) is 23.1. The molecular weight excluding hydrogens is 379 g/mol. The average molecular weight is 397 g/mol. The molecule has 4 nitrogen and oxygen atoms in total. The number of hydrogen-bond donors (Lipinski definition) is 0. The maximum absolute atomic E-state index is 13.4. The van der Waals surface area contributed by atoms with Gasteiger partial charge in [-0.1, -0.05) is 12.1 Å². The molecule has 7 heteroatoms. The lowest BCUT2D eigenvalue weighted by molar-refractivity contribution is -0.131. The molecule has 29 heavy (non-hydrogen) atoms. The molecule has 0 N–H and O–H groups in total. The second kappa shape index (κ2) is 8.03. The molecule has 0 spiro atoms. The van der Waals surface area contributed by atoms with Gasteiger partial charge in [-0.25, -0.2) is 23.1 Å².